The van der Waals surface area contributed by atoms with Crippen molar-refractivity contribution in [3.63, 3.8) is 0 Å². The Balaban J connectivity index is 1.69. The Hall–Kier alpha value is -2.57. The Morgan fingerprint density at radius 2 is 2.14 bits per heavy atom. The first kappa shape index (κ1) is 13.4. The number of anilines is 1. The van der Waals surface area contributed by atoms with Crippen LogP contribution in [0.2, 0.25) is 0 Å². The summed E-state index contributed by atoms with van der Waals surface area (Å²) in [5, 5.41) is 10.2. The van der Waals surface area contributed by atoms with Crippen LogP contribution in [0.4, 0.5) is 6.01 Å². The summed E-state index contributed by atoms with van der Waals surface area (Å²) < 4.78 is 16.7. The number of aromatic nitrogens is 2. The van der Waals surface area contributed by atoms with E-state index in [0.29, 0.717) is 17.9 Å². The number of hydrogen-bond donors (Lipinski definition) is 1. The van der Waals surface area contributed by atoms with Crippen LogP contribution in [0.1, 0.15) is 31.8 Å². The summed E-state index contributed by atoms with van der Waals surface area (Å²) in [5.41, 5.74) is 0. The fourth-order valence-corrected chi connectivity index (χ4v) is 1.97. The Labute approximate surface area is 121 Å². The van der Waals surface area contributed by atoms with Crippen LogP contribution in [0, 0.1) is 0 Å². The molecule has 0 fully saturated rings. The van der Waals surface area contributed by atoms with Gasteiger partial charge in [-0.3, -0.25) is 10.1 Å². The lowest BCUT2D eigenvalue weighted by molar-refractivity contribution is -0.116. The molecule has 1 aliphatic rings. The highest BCUT2D eigenvalue weighted by molar-refractivity contribution is 5.88. The summed E-state index contributed by atoms with van der Waals surface area (Å²) >= 11 is 0. The van der Waals surface area contributed by atoms with Gasteiger partial charge in [0.2, 0.25) is 12.0 Å². The lowest BCUT2D eigenvalue weighted by Crippen LogP contribution is -2.21. The average molecular weight is 289 g/mol. The largest absolute Gasteiger partial charge is 0.485 e. The monoisotopic (exact) mass is 289 g/mol. The maximum absolute atomic E-state index is 11.5. The van der Waals surface area contributed by atoms with Gasteiger partial charge >= 0.3 is 6.01 Å². The van der Waals surface area contributed by atoms with Gasteiger partial charge in [-0.15, -0.1) is 5.10 Å². The van der Waals surface area contributed by atoms with Gasteiger partial charge in [-0.05, 0) is 18.6 Å². The third-order valence-corrected chi connectivity index (χ3v) is 2.95. The number of hydrogen-bond acceptors (Lipinski definition) is 6. The Bertz CT molecular complexity index is 641. The van der Waals surface area contributed by atoms with Crippen LogP contribution in [-0.2, 0) is 4.79 Å². The standard InChI is InChI=1S/C14H15N3O4/c1-2-5-12(18)15-14-17-16-13(21-14)11-8-19-9-6-3-4-7-10(9)20-11/h3-4,6-7,11H,2,5,8H2,1H3,(H,15,17,18)/t11-/m1/s1. The summed E-state index contributed by atoms with van der Waals surface area (Å²) in [6.45, 7) is 2.20. The minimum absolute atomic E-state index is 0.0749. The molecule has 2 heterocycles. The zero-order valence-electron chi connectivity index (χ0n) is 11.5. The predicted molar refractivity (Wildman–Crippen MR) is 73.1 cm³/mol. The first-order valence-electron chi connectivity index (χ1n) is 6.78. The van der Waals surface area contributed by atoms with E-state index in [9.17, 15) is 4.79 Å². The second kappa shape index (κ2) is 5.82. The number of carbonyl (C=O) groups is 1. The first-order valence-corrected chi connectivity index (χ1v) is 6.78. The molecule has 0 radical (unpaired) electrons. The summed E-state index contributed by atoms with van der Waals surface area (Å²) in [5.74, 6) is 1.43. The van der Waals surface area contributed by atoms with Gasteiger partial charge in [0.15, 0.2) is 11.5 Å². The van der Waals surface area contributed by atoms with Gasteiger partial charge in [0, 0.05) is 6.42 Å². The molecule has 1 aliphatic heterocycles. The lowest BCUT2D eigenvalue weighted by atomic mass is 10.2. The van der Waals surface area contributed by atoms with E-state index >= 15 is 0 Å². The molecule has 1 amide bonds. The maximum Gasteiger partial charge on any atom is 0.322 e. The van der Waals surface area contributed by atoms with E-state index in [0.717, 1.165) is 6.42 Å². The topological polar surface area (TPSA) is 86.5 Å². The molecule has 110 valence electrons. The predicted octanol–water partition coefficient (Wildman–Crippen LogP) is 2.32. The van der Waals surface area contributed by atoms with Crippen LogP contribution in [0.25, 0.3) is 0 Å². The Morgan fingerprint density at radius 1 is 1.33 bits per heavy atom. The van der Waals surface area contributed by atoms with Crippen molar-refractivity contribution >= 4 is 11.9 Å². The molecule has 0 unspecified atom stereocenters. The van der Waals surface area contributed by atoms with Crippen LogP contribution in [0.3, 0.4) is 0 Å². The number of rotatable bonds is 4. The van der Waals surface area contributed by atoms with Crippen LogP contribution in [0.5, 0.6) is 11.5 Å². The van der Waals surface area contributed by atoms with E-state index in [1.54, 1.807) is 0 Å². The summed E-state index contributed by atoms with van der Waals surface area (Å²) in [7, 11) is 0. The summed E-state index contributed by atoms with van der Waals surface area (Å²) in [6, 6.07) is 7.44. The SMILES string of the molecule is CCCC(=O)Nc1nnc([C@H]2COc3ccccc3O2)o1. The number of benzene rings is 1. The number of fused-ring (bicyclic) bond motifs is 1. The molecule has 2 aromatic rings. The Kier molecular flexibility index (Phi) is 3.72. The van der Waals surface area contributed by atoms with E-state index in [4.69, 9.17) is 13.9 Å². The fourth-order valence-electron chi connectivity index (χ4n) is 1.97. The zero-order chi connectivity index (χ0) is 14.7. The van der Waals surface area contributed by atoms with Crippen LogP contribution < -0.4 is 14.8 Å². The van der Waals surface area contributed by atoms with E-state index in [2.05, 4.69) is 15.5 Å². The molecule has 1 atom stereocenters. The van der Waals surface area contributed by atoms with Crippen molar-refractivity contribution in [2.75, 3.05) is 11.9 Å². The molecular formula is C14H15N3O4. The molecule has 7 nitrogen and oxygen atoms in total. The molecule has 0 spiro atoms. The summed E-state index contributed by atoms with van der Waals surface area (Å²) in [6.07, 6.45) is 0.682. The lowest BCUT2D eigenvalue weighted by Gasteiger charge is -2.23. The minimum atomic E-state index is -0.482. The zero-order valence-corrected chi connectivity index (χ0v) is 11.5. The number of carbonyl (C=O) groups excluding carboxylic acids is 1. The van der Waals surface area contributed by atoms with Gasteiger partial charge in [0.05, 0.1) is 0 Å². The summed E-state index contributed by atoms with van der Waals surface area (Å²) in [4.78, 5) is 11.5. The van der Waals surface area contributed by atoms with Gasteiger partial charge in [0.1, 0.15) is 6.61 Å². The number of nitrogens with zero attached hydrogens (tertiary/aromatic N) is 2. The molecule has 1 N–H and O–H groups in total. The molecule has 0 bridgehead atoms. The third kappa shape index (κ3) is 2.96. The molecule has 0 saturated carbocycles. The second-order valence-corrected chi connectivity index (χ2v) is 4.61. The highest BCUT2D eigenvalue weighted by Crippen LogP contribution is 2.35. The molecular weight excluding hydrogens is 274 g/mol. The molecule has 0 saturated heterocycles. The van der Waals surface area contributed by atoms with Crippen molar-refractivity contribution in [2.24, 2.45) is 0 Å². The van der Waals surface area contributed by atoms with Gasteiger partial charge in [-0.1, -0.05) is 24.2 Å². The molecule has 3 rings (SSSR count). The molecule has 1 aromatic heterocycles. The fraction of sp³-hybridized carbons (Fsp3) is 0.357. The third-order valence-electron chi connectivity index (χ3n) is 2.95. The first-order chi connectivity index (χ1) is 10.3. The number of nitrogens with one attached hydrogen (secondary N) is 1. The average Bonchev–Trinajstić information content (AvgIpc) is 2.95. The van der Waals surface area contributed by atoms with Crippen molar-refractivity contribution in [1.29, 1.82) is 0 Å². The molecule has 1 aromatic carbocycles. The molecule has 0 aliphatic carbocycles. The molecule has 7 heteroatoms. The maximum atomic E-state index is 11.5. The van der Waals surface area contributed by atoms with E-state index < -0.39 is 6.10 Å². The molecule has 21 heavy (non-hydrogen) atoms. The highest BCUT2D eigenvalue weighted by Gasteiger charge is 2.27. The van der Waals surface area contributed by atoms with Crippen LogP contribution in [-0.4, -0.2) is 22.7 Å². The van der Waals surface area contributed by atoms with Crippen LogP contribution >= 0.6 is 0 Å². The van der Waals surface area contributed by atoms with Crippen molar-refractivity contribution in [2.45, 2.75) is 25.9 Å². The number of amides is 1. The minimum Gasteiger partial charge on any atom is -0.485 e. The van der Waals surface area contributed by atoms with Crippen molar-refractivity contribution in [3.05, 3.63) is 30.2 Å². The van der Waals surface area contributed by atoms with Crippen molar-refractivity contribution in [1.82, 2.24) is 10.2 Å². The highest BCUT2D eigenvalue weighted by atomic mass is 16.6. The number of ether oxygens (including phenoxy) is 2. The van der Waals surface area contributed by atoms with Gasteiger partial charge in [-0.25, -0.2) is 0 Å². The van der Waals surface area contributed by atoms with E-state index in [1.165, 1.54) is 0 Å². The smallest absolute Gasteiger partial charge is 0.322 e. The van der Waals surface area contributed by atoms with Gasteiger partial charge < -0.3 is 13.9 Å². The van der Waals surface area contributed by atoms with Crippen LogP contribution in [0.15, 0.2) is 28.7 Å². The number of para-hydroxylation sites is 2. The van der Waals surface area contributed by atoms with E-state index in [1.807, 2.05) is 31.2 Å². The van der Waals surface area contributed by atoms with Crippen molar-refractivity contribution in [3.8, 4) is 11.5 Å². The second-order valence-electron chi connectivity index (χ2n) is 4.61. The van der Waals surface area contributed by atoms with Gasteiger partial charge in [0.25, 0.3) is 5.89 Å². The van der Waals surface area contributed by atoms with Crippen molar-refractivity contribution < 1.29 is 18.7 Å². The normalized spacial score (nSPS) is 16.5. The van der Waals surface area contributed by atoms with Gasteiger partial charge in [-0.2, -0.15) is 0 Å². The quantitative estimate of drug-likeness (QED) is 0.929. The van der Waals surface area contributed by atoms with E-state index in [-0.39, 0.29) is 24.4 Å². The Morgan fingerprint density at radius 3 is 2.95 bits per heavy atom.